The quantitative estimate of drug-likeness (QED) is 0.0353. The number of carbonyl (C=O) groups excluding carboxylic acids is 7. The molecule has 22 heteroatoms. The van der Waals surface area contributed by atoms with Crippen molar-refractivity contribution in [1.29, 1.82) is 0 Å². The van der Waals surface area contributed by atoms with Crippen molar-refractivity contribution in [1.82, 2.24) is 10.6 Å². The van der Waals surface area contributed by atoms with Crippen LogP contribution in [0.4, 0.5) is 24.5 Å². The number of aliphatic hydroxyl groups is 1. The van der Waals surface area contributed by atoms with Crippen LogP contribution in [-0.2, 0) is 68.5 Å². The smallest absolute Gasteiger partial charge is 0.227 e. The lowest BCUT2D eigenvalue weighted by atomic mass is 9.44. The highest BCUT2D eigenvalue weighted by atomic mass is 19.1. The maximum Gasteiger partial charge on any atom is 0.227 e. The molecule has 496 valence electrons. The van der Waals surface area contributed by atoms with Crippen molar-refractivity contribution >= 4 is 52.4 Å². The molecule has 1 unspecified atom stereocenters. The van der Waals surface area contributed by atoms with E-state index in [1.165, 1.54) is 38.1 Å². The maximum absolute atomic E-state index is 17.9. The number of allylic oxidation sites excluding steroid dienone is 4. The first-order chi connectivity index (χ1) is 44.0. The molecule has 0 radical (unpaired) electrons. The first kappa shape index (κ1) is 69.2. The van der Waals surface area contributed by atoms with Gasteiger partial charge in [0.25, 0.3) is 0 Å². The number of benzene rings is 3. The van der Waals surface area contributed by atoms with Crippen molar-refractivity contribution in [2.45, 2.75) is 148 Å². The molecule has 4 fully saturated rings. The second-order valence-electron chi connectivity index (χ2n) is 25.4. The molecule has 12 atom stereocenters. The van der Waals surface area contributed by atoms with E-state index in [9.17, 15) is 38.7 Å². The molecular weight excluding hydrogens is 1190 g/mol. The number of nitrogens with zero attached hydrogens (tertiary/aromatic N) is 1. The highest BCUT2D eigenvalue weighted by Crippen LogP contribution is 2.72. The van der Waals surface area contributed by atoms with E-state index >= 15 is 13.2 Å². The van der Waals surface area contributed by atoms with E-state index in [1.807, 2.05) is 55.5 Å². The van der Waals surface area contributed by atoms with Gasteiger partial charge in [-0.3, -0.25) is 33.6 Å². The minimum absolute atomic E-state index is 0.0150. The summed E-state index contributed by atoms with van der Waals surface area (Å²) in [5, 5.41) is 20.0. The molecule has 3 aromatic carbocycles. The van der Waals surface area contributed by atoms with Crippen LogP contribution in [0.1, 0.15) is 116 Å². The summed E-state index contributed by atoms with van der Waals surface area (Å²) in [6.45, 7) is 12.2. The largest absolute Gasteiger partial charge is 0.486 e. The Labute approximate surface area is 535 Å². The van der Waals surface area contributed by atoms with E-state index in [0.29, 0.717) is 51.5 Å². The molecule has 92 heavy (non-hydrogen) atoms. The van der Waals surface area contributed by atoms with Crippen molar-refractivity contribution in [2.24, 2.45) is 34.5 Å². The van der Waals surface area contributed by atoms with Crippen LogP contribution >= 0.6 is 0 Å². The van der Waals surface area contributed by atoms with Crippen molar-refractivity contribution in [3.05, 3.63) is 113 Å². The molecule has 4 amide bonds. The second-order valence-corrected chi connectivity index (χ2v) is 25.4. The summed E-state index contributed by atoms with van der Waals surface area (Å²) in [6.07, 6.45) is -0.937. The predicted molar refractivity (Wildman–Crippen MR) is 333 cm³/mol. The van der Waals surface area contributed by atoms with Crippen LogP contribution in [-0.4, -0.2) is 154 Å². The molecule has 4 N–H and O–H groups in total. The van der Waals surface area contributed by atoms with Gasteiger partial charge in [-0.05, 0) is 98.1 Å². The van der Waals surface area contributed by atoms with Gasteiger partial charge < -0.3 is 59.1 Å². The number of aliphatic hydroxyl groups excluding tert-OH is 1. The van der Waals surface area contributed by atoms with Crippen molar-refractivity contribution < 1.29 is 85.0 Å². The topological polar surface area (TPSA) is 244 Å². The van der Waals surface area contributed by atoms with E-state index in [4.69, 9.17) is 33.2 Å². The third kappa shape index (κ3) is 14.8. The van der Waals surface area contributed by atoms with Crippen LogP contribution in [0.15, 0.2) is 90.5 Å². The fourth-order valence-electron chi connectivity index (χ4n) is 14.3. The number of para-hydroxylation sites is 1. The Morgan fingerprint density at radius 3 is 2.21 bits per heavy atom. The van der Waals surface area contributed by atoms with Gasteiger partial charge in [0.1, 0.15) is 24.3 Å². The third-order valence-electron chi connectivity index (χ3n) is 19.1. The predicted octanol–water partition coefficient (Wildman–Crippen LogP) is 7.96. The van der Waals surface area contributed by atoms with Crippen LogP contribution in [0.5, 0.6) is 5.75 Å². The Morgan fingerprint density at radius 2 is 1.50 bits per heavy atom. The van der Waals surface area contributed by atoms with Crippen LogP contribution in [0.3, 0.4) is 0 Å². The number of rotatable bonds is 31. The number of carbonyl (C=O) groups is 7. The Hall–Kier alpha value is -7.10. The van der Waals surface area contributed by atoms with E-state index < -0.39 is 112 Å². The van der Waals surface area contributed by atoms with Gasteiger partial charge in [0.15, 0.2) is 29.1 Å². The van der Waals surface area contributed by atoms with Crippen molar-refractivity contribution in [3.8, 4) is 17.6 Å². The van der Waals surface area contributed by atoms with Crippen molar-refractivity contribution in [2.75, 3.05) is 76.2 Å². The van der Waals surface area contributed by atoms with Crippen LogP contribution in [0, 0.1) is 52.2 Å². The molecule has 0 bridgehead atoms. The van der Waals surface area contributed by atoms with Crippen molar-refractivity contribution in [3.63, 3.8) is 0 Å². The maximum atomic E-state index is 17.9. The molecule has 4 aliphatic carbocycles. The van der Waals surface area contributed by atoms with E-state index in [2.05, 4.69) is 27.8 Å². The molecule has 2 aliphatic heterocycles. The van der Waals surface area contributed by atoms with Crippen LogP contribution in [0.2, 0.25) is 0 Å². The summed E-state index contributed by atoms with van der Waals surface area (Å²) in [5.41, 5.74) is -3.97. The summed E-state index contributed by atoms with van der Waals surface area (Å²) in [7, 11) is 0. The number of alkyl halides is 2. The first-order valence-electron chi connectivity index (χ1n) is 32.0. The average Bonchev–Trinajstić information content (AvgIpc) is 1.41. The fraction of sp³-hybridized carbons (Fsp3) is 0.557. The van der Waals surface area contributed by atoms with Crippen LogP contribution < -0.4 is 25.6 Å². The SMILES string of the molecule is CCCC1O[C@@H]2C[C@H]3[C@@H]4C[C@H](F)C5=CC(=O)C=C[C@]5(C)[C@@]4(F)[C@@H](O)C[C@]3(C)[C@]2(C(=O)COc2ccc(NC(=O)[C@H](C)CC(=O)[C@@H](NC(=O)CCOCCOCCOCCOCCNC(=O)CCC(=O)N3Cc4ccccc4C#Cc4ccccc43)C(C)C)c(F)c2)O1. The minimum Gasteiger partial charge on any atom is -0.486 e. The van der Waals surface area contributed by atoms with Gasteiger partial charge >= 0.3 is 0 Å². The van der Waals surface area contributed by atoms with Crippen LogP contribution in [0.25, 0.3) is 0 Å². The Bertz CT molecular complexity index is 3350. The number of ketones is 3. The number of fused-ring (bicyclic) bond motifs is 9. The van der Waals surface area contributed by atoms with E-state index in [0.717, 1.165) is 28.8 Å². The zero-order chi connectivity index (χ0) is 66.0. The third-order valence-corrected chi connectivity index (χ3v) is 19.1. The number of halogens is 3. The Balaban J connectivity index is 0.630. The standard InChI is InChI=1S/C70H85F3N4O15/c1-7-12-64-91-60-39-50-51-38-53(71)52-36-48(78)23-25-67(52,5)69(51,73)58(80)40-68(50,6)70(60,92-64)59(81)42-90-49-19-20-55(54(72)37-49)75-66(85)44(4)35-57(79)65(43(2)3)76-62(83)24-27-86-29-31-88-33-34-89-32-30-87-28-26-74-61(82)21-22-63(84)77-41-47-15-9-8-13-45(47)17-18-46-14-10-11-16-56(46)77/h8-11,13-16,19-20,23,25,36-37,43-44,50-51,53,58,60,64-65,80H,7,12,21-22,24,26-35,38-42H2,1-6H3,(H,74,82)(H,75,85)(H,76,83)/t44-,50+,51+,53+,58+,60-,64?,65+,67+,68+,69+,70-/m1/s1. The highest BCUT2D eigenvalue weighted by molar-refractivity contribution is 6.02. The van der Waals surface area contributed by atoms with Gasteiger partial charge in [0, 0.05) is 72.1 Å². The lowest BCUT2D eigenvalue weighted by Crippen LogP contribution is -2.71. The lowest BCUT2D eigenvalue weighted by molar-refractivity contribution is -0.234. The van der Waals surface area contributed by atoms with Gasteiger partial charge in [0.05, 0.1) is 89.0 Å². The molecule has 6 aliphatic rings. The van der Waals surface area contributed by atoms with E-state index in [-0.39, 0.29) is 113 Å². The molecule has 1 saturated heterocycles. The number of anilines is 2. The molecule has 2 heterocycles. The van der Waals surface area contributed by atoms with Gasteiger partial charge in [0.2, 0.25) is 29.4 Å². The molecule has 0 spiro atoms. The van der Waals surface area contributed by atoms with E-state index in [1.54, 1.807) is 25.7 Å². The molecular formula is C70H85F3N4O15. The number of Topliss-reactive ketones (excluding diaryl/α,β-unsaturated/α-hetero) is 2. The molecule has 19 nitrogen and oxygen atoms in total. The van der Waals surface area contributed by atoms with Gasteiger partial charge in [-0.2, -0.15) is 0 Å². The summed E-state index contributed by atoms with van der Waals surface area (Å²) in [4.78, 5) is 94.5. The number of ether oxygens (including phenoxy) is 7. The first-order valence-corrected chi connectivity index (χ1v) is 32.0. The number of amides is 4. The summed E-state index contributed by atoms with van der Waals surface area (Å²) in [6, 6.07) is 17.9. The number of hydrogen-bond donors (Lipinski definition) is 4. The Morgan fingerprint density at radius 1 is 0.826 bits per heavy atom. The normalized spacial score (nSPS) is 27.2. The monoisotopic (exact) mass is 1280 g/mol. The number of nitrogens with one attached hydrogen (secondary N) is 3. The zero-order valence-electron chi connectivity index (χ0n) is 53.2. The molecule has 3 saturated carbocycles. The van der Waals surface area contributed by atoms with Gasteiger partial charge in [-0.15, -0.1) is 0 Å². The van der Waals surface area contributed by atoms with Gasteiger partial charge in [-0.1, -0.05) is 89.3 Å². The summed E-state index contributed by atoms with van der Waals surface area (Å²) >= 11 is 0. The molecule has 3 aromatic rings. The Kier molecular flexibility index (Phi) is 22.8. The summed E-state index contributed by atoms with van der Waals surface area (Å²) < 4.78 is 90.9. The minimum atomic E-state index is -2.38. The number of hydrogen-bond acceptors (Lipinski definition) is 15. The zero-order valence-corrected chi connectivity index (χ0v) is 53.2. The highest BCUT2D eigenvalue weighted by Gasteiger charge is 2.80. The lowest BCUT2D eigenvalue weighted by Gasteiger charge is -2.63. The molecule has 9 rings (SSSR count). The average molecular weight is 1280 g/mol. The second kappa shape index (κ2) is 30.3. The van der Waals surface area contributed by atoms with Gasteiger partial charge in [-0.25, -0.2) is 13.2 Å². The fourth-order valence-corrected chi connectivity index (χ4v) is 14.3. The molecule has 0 aromatic heterocycles. The summed E-state index contributed by atoms with van der Waals surface area (Å²) in [5.74, 6) is -0.553.